The first-order valence-electron chi connectivity index (χ1n) is 10.9. The van der Waals surface area contributed by atoms with Gasteiger partial charge in [0.25, 0.3) is 10.0 Å². The Morgan fingerprint density at radius 2 is 1.47 bits per heavy atom. The van der Waals surface area contributed by atoms with Crippen LogP contribution in [0.5, 0.6) is 0 Å². The number of anilines is 1. The third-order valence-electron chi connectivity index (χ3n) is 6.38. The molecule has 0 amide bonds. The molecule has 0 aromatic heterocycles. The topological polar surface area (TPSA) is 121 Å². The average molecular weight is 480 g/mol. The van der Waals surface area contributed by atoms with E-state index < -0.39 is 26.2 Å². The lowest BCUT2D eigenvalue weighted by Gasteiger charge is -2.25. The lowest BCUT2D eigenvalue weighted by Crippen LogP contribution is -2.18. The Labute approximate surface area is 189 Å². The molecule has 0 unspecified atom stereocenters. The van der Waals surface area contributed by atoms with Crippen LogP contribution in [0.2, 0.25) is 0 Å². The highest BCUT2D eigenvalue weighted by molar-refractivity contribution is 7.92. The zero-order chi connectivity index (χ0) is 23.1. The molecule has 9 heteroatoms. The highest BCUT2D eigenvalue weighted by Crippen LogP contribution is 2.44. The molecule has 2 fully saturated rings. The first kappa shape index (κ1) is 23.2. The van der Waals surface area contributed by atoms with E-state index in [0.29, 0.717) is 5.56 Å². The Kier molecular flexibility index (Phi) is 6.37. The summed E-state index contributed by atoms with van der Waals surface area (Å²) in [6.45, 7) is 0. The number of rotatable bonds is 7. The van der Waals surface area contributed by atoms with Crippen LogP contribution in [0.1, 0.15) is 79.8 Å². The minimum absolute atomic E-state index is 0.00459. The molecule has 0 spiro atoms. The van der Waals surface area contributed by atoms with E-state index in [1.54, 1.807) is 12.1 Å². The lowest BCUT2D eigenvalue weighted by atomic mass is 9.83. The summed E-state index contributed by atoms with van der Waals surface area (Å²) in [7, 11) is -7.62. The van der Waals surface area contributed by atoms with Gasteiger partial charge in [-0.05, 0) is 66.8 Å². The standard InChI is InChI=1S/C23H29NO6S2/c1-31(27,28)18-10-12-19(15-5-3-2-4-6-15)21(14-18)24-32(29,30)22-13-17(23(25)26)9-11-20(22)16-7-8-16/h9-16,23-26H,2-8H2,1H3. The highest BCUT2D eigenvalue weighted by atomic mass is 32.2. The van der Waals surface area contributed by atoms with Gasteiger partial charge in [0, 0.05) is 11.8 Å². The van der Waals surface area contributed by atoms with Gasteiger partial charge in [-0.2, -0.15) is 0 Å². The number of hydrogen-bond acceptors (Lipinski definition) is 6. The summed E-state index contributed by atoms with van der Waals surface area (Å²) in [5.74, 6) is 0.273. The van der Waals surface area contributed by atoms with E-state index in [0.717, 1.165) is 56.8 Å². The monoisotopic (exact) mass is 479 g/mol. The van der Waals surface area contributed by atoms with Crippen LogP contribution in [0.3, 0.4) is 0 Å². The van der Waals surface area contributed by atoms with E-state index in [4.69, 9.17) is 0 Å². The van der Waals surface area contributed by atoms with Crippen molar-refractivity contribution in [2.24, 2.45) is 0 Å². The number of aliphatic hydroxyl groups is 2. The predicted molar refractivity (Wildman–Crippen MR) is 122 cm³/mol. The van der Waals surface area contributed by atoms with Crippen LogP contribution in [-0.2, 0) is 19.9 Å². The highest BCUT2D eigenvalue weighted by Gasteiger charge is 2.32. The molecule has 0 radical (unpaired) electrons. The Hall–Kier alpha value is -1.94. The lowest BCUT2D eigenvalue weighted by molar-refractivity contribution is -0.0426. The fourth-order valence-electron chi connectivity index (χ4n) is 4.50. The predicted octanol–water partition coefficient (Wildman–Crippen LogP) is 3.80. The van der Waals surface area contributed by atoms with Crippen molar-refractivity contribution in [3.63, 3.8) is 0 Å². The van der Waals surface area contributed by atoms with Crippen LogP contribution in [-0.4, -0.2) is 33.3 Å². The van der Waals surface area contributed by atoms with Gasteiger partial charge in [-0.25, -0.2) is 16.8 Å². The molecular formula is C23H29NO6S2. The van der Waals surface area contributed by atoms with Gasteiger partial charge >= 0.3 is 0 Å². The van der Waals surface area contributed by atoms with Crippen molar-refractivity contribution in [3.8, 4) is 0 Å². The van der Waals surface area contributed by atoms with Gasteiger partial charge in [0.05, 0.1) is 15.5 Å². The molecule has 2 aliphatic carbocycles. The Morgan fingerprint density at radius 1 is 0.844 bits per heavy atom. The Morgan fingerprint density at radius 3 is 2.06 bits per heavy atom. The molecule has 2 aliphatic rings. The number of sulfonamides is 1. The first-order valence-corrected chi connectivity index (χ1v) is 14.3. The molecule has 0 aliphatic heterocycles. The van der Waals surface area contributed by atoms with E-state index in [2.05, 4.69) is 4.72 Å². The van der Waals surface area contributed by atoms with Gasteiger partial charge in [-0.15, -0.1) is 0 Å². The van der Waals surface area contributed by atoms with Crippen molar-refractivity contribution in [2.75, 3.05) is 11.0 Å². The van der Waals surface area contributed by atoms with Crippen molar-refractivity contribution in [1.29, 1.82) is 0 Å². The van der Waals surface area contributed by atoms with E-state index in [-0.39, 0.29) is 32.9 Å². The normalized spacial score (nSPS) is 18.1. The molecule has 0 saturated heterocycles. The largest absolute Gasteiger partial charge is 0.364 e. The number of aliphatic hydroxyl groups excluding tert-OH is 1. The molecule has 0 atom stereocenters. The third-order valence-corrected chi connectivity index (χ3v) is 8.92. The molecule has 2 aromatic rings. The van der Waals surface area contributed by atoms with Gasteiger partial charge in [0.15, 0.2) is 16.1 Å². The van der Waals surface area contributed by atoms with E-state index in [9.17, 15) is 27.0 Å². The Balaban J connectivity index is 1.79. The summed E-state index contributed by atoms with van der Waals surface area (Å²) in [5.41, 5.74) is 1.80. The molecule has 0 heterocycles. The molecule has 174 valence electrons. The minimum atomic E-state index is -4.10. The van der Waals surface area contributed by atoms with Crippen LogP contribution in [0.15, 0.2) is 46.2 Å². The SMILES string of the molecule is CS(=O)(=O)c1ccc(C2CCCCC2)c(NS(=O)(=O)c2cc(C(O)O)ccc2C2CC2)c1. The summed E-state index contributed by atoms with van der Waals surface area (Å²) in [4.78, 5) is 0.0571. The second kappa shape index (κ2) is 8.78. The van der Waals surface area contributed by atoms with Crippen LogP contribution in [0.25, 0.3) is 0 Å². The van der Waals surface area contributed by atoms with Gasteiger partial charge in [-0.3, -0.25) is 4.72 Å². The minimum Gasteiger partial charge on any atom is -0.364 e. The number of sulfone groups is 1. The smallest absolute Gasteiger partial charge is 0.262 e. The summed E-state index contributed by atoms with van der Waals surface area (Å²) in [6.07, 6.45) is 6.14. The van der Waals surface area contributed by atoms with Crippen molar-refractivity contribution in [2.45, 2.75) is 72.9 Å². The average Bonchev–Trinajstić information content (AvgIpc) is 3.58. The Bertz CT molecular complexity index is 1210. The molecular weight excluding hydrogens is 450 g/mol. The van der Waals surface area contributed by atoms with E-state index in [1.807, 2.05) is 0 Å². The van der Waals surface area contributed by atoms with E-state index in [1.165, 1.54) is 24.3 Å². The zero-order valence-corrected chi connectivity index (χ0v) is 19.6. The van der Waals surface area contributed by atoms with Crippen LogP contribution in [0, 0.1) is 0 Å². The van der Waals surface area contributed by atoms with Gasteiger partial charge < -0.3 is 10.2 Å². The van der Waals surface area contributed by atoms with Crippen molar-refractivity contribution in [3.05, 3.63) is 53.1 Å². The number of benzene rings is 2. The van der Waals surface area contributed by atoms with Crippen LogP contribution >= 0.6 is 0 Å². The molecule has 0 bridgehead atoms. The fourth-order valence-corrected chi connectivity index (χ4v) is 6.56. The molecule has 7 nitrogen and oxygen atoms in total. The second-order valence-corrected chi connectivity index (χ2v) is 12.6. The fraction of sp³-hybridized carbons (Fsp3) is 0.478. The molecule has 2 aromatic carbocycles. The van der Waals surface area contributed by atoms with Gasteiger partial charge in [-0.1, -0.05) is 37.5 Å². The summed E-state index contributed by atoms with van der Waals surface area (Å²) in [5, 5.41) is 19.1. The summed E-state index contributed by atoms with van der Waals surface area (Å²) >= 11 is 0. The van der Waals surface area contributed by atoms with Crippen LogP contribution < -0.4 is 4.72 Å². The number of hydrogen-bond donors (Lipinski definition) is 3. The van der Waals surface area contributed by atoms with Crippen molar-refractivity contribution < 1.29 is 27.0 Å². The molecule has 3 N–H and O–H groups in total. The quantitative estimate of drug-likeness (QED) is 0.520. The maximum atomic E-state index is 13.5. The third kappa shape index (κ3) is 5.01. The second-order valence-electron chi connectivity index (χ2n) is 8.91. The maximum absolute atomic E-state index is 13.5. The molecule has 32 heavy (non-hydrogen) atoms. The van der Waals surface area contributed by atoms with Crippen molar-refractivity contribution >= 4 is 25.5 Å². The summed E-state index contributed by atoms with van der Waals surface area (Å²) < 4.78 is 53.9. The van der Waals surface area contributed by atoms with Gasteiger partial charge in [0.2, 0.25) is 0 Å². The van der Waals surface area contributed by atoms with Crippen molar-refractivity contribution in [1.82, 2.24) is 0 Å². The van der Waals surface area contributed by atoms with E-state index >= 15 is 0 Å². The molecule has 4 rings (SSSR count). The summed E-state index contributed by atoms with van der Waals surface area (Å²) in [6, 6.07) is 9.11. The maximum Gasteiger partial charge on any atom is 0.262 e. The first-order chi connectivity index (χ1) is 15.1. The molecule has 2 saturated carbocycles. The van der Waals surface area contributed by atoms with Gasteiger partial charge in [0.1, 0.15) is 0 Å². The number of nitrogens with one attached hydrogen (secondary N) is 1. The van der Waals surface area contributed by atoms with Crippen LogP contribution in [0.4, 0.5) is 5.69 Å². The zero-order valence-electron chi connectivity index (χ0n) is 18.0.